The molecule has 0 aromatic heterocycles. The number of nitrogens with zero attached hydrogens (tertiary/aromatic N) is 3. The average molecular weight is 394 g/mol. The number of piperazine rings is 1. The van der Waals surface area contributed by atoms with Crippen LogP contribution in [0.4, 0.5) is 0 Å². The number of halogens is 1. The Kier molecular flexibility index (Phi) is 8.39. The third-order valence-electron chi connectivity index (χ3n) is 5.07. The van der Waals surface area contributed by atoms with Crippen LogP contribution < -0.4 is 10.6 Å². The van der Waals surface area contributed by atoms with E-state index in [1.54, 1.807) is 0 Å². The molecule has 1 aromatic carbocycles. The first-order valence-corrected chi connectivity index (χ1v) is 10.3. The van der Waals surface area contributed by atoms with Crippen molar-refractivity contribution in [1.29, 1.82) is 0 Å². The van der Waals surface area contributed by atoms with Crippen LogP contribution in [0.25, 0.3) is 0 Å². The Hall–Kier alpha value is -1.30. The van der Waals surface area contributed by atoms with Crippen LogP contribution in [-0.2, 0) is 6.42 Å². The summed E-state index contributed by atoms with van der Waals surface area (Å²) in [6.07, 6.45) is 0.951. The Labute approximate surface area is 170 Å². The van der Waals surface area contributed by atoms with Gasteiger partial charge in [-0.15, -0.1) is 0 Å². The van der Waals surface area contributed by atoms with Crippen molar-refractivity contribution in [2.24, 2.45) is 10.4 Å². The van der Waals surface area contributed by atoms with Gasteiger partial charge in [0.1, 0.15) is 0 Å². The van der Waals surface area contributed by atoms with Gasteiger partial charge in [0, 0.05) is 50.3 Å². The van der Waals surface area contributed by atoms with E-state index in [0.717, 1.165) is 56.7 Å². The highest BCUT2D eigenvalue weighted by Gasteiger charge is 2.22. The third-order valence-corrected chi connectivity index (χ3v) is 5.30. The Bertz CT molecular complexity index is 616. The molecule has 0 amide bonds. The van der Waals surface area contributed by atoms with E-state index in [9.17, 15) is 0 Å². The van der Waals surface area contributed by atoms with Gasteiger partial charge in [-0.05, 0) is 50.6 Å². The first-order chi connectivity index (χ1) is 12.8. The maximum Gasteiger partial charge on any atom is 0.191 e. The number of nitrogens with one attached hydrogen (secondary N) is 2. The summed E-state index contributed by atoms with van der Waals surface area (Å²) in [7, 11) is 4.40. The van der Waals surface area contributed by atoms with E-state index in [0.29, 0.717) is 6.04 Å². The Morgan fingerprint density at radius 2 is 2.04 bits per heavy atom. The van der Waals surface area contributed by atoms with Crippen LogP contribution in [0.15, 0.2) is 29.3 Å². The van der Waals surface area contributed by atoms with Crippen molar-refractivity contribution in [3.05, 3.63) is 34.9 Å². The number of hydrogen-bond acceptors (Lipinski definition) is 3. The average Bonchev–Trinajstić information content (AvgIpc) is 2.60. The minimum Gasteiger partial charge on any atom is -0.357 e. The summed E-state index contributed by atoms with van der Waals surface area (Å²) >= 11 is 6.12. The molecule has 1 aliphatic heterocycles. The number of guanidine groups is 1. The molecular formula is C21H36ClN5. The van der Waals surface area contributed by atoms with Gasteiger partial charge in [-0.3, -0.25) is 9.89 Å². The number of benzene rings is 1. The molecule has 1 aliphatic rings. The molecule has 1 unspecified atom stereocenters. The minimum atomic E-state index is 0.0644. The van der Waals surface area contributed by atoms with Gasteiger partial charge in [-0.25, -0.2) is 0 Å². The van der Waals surface area contributed by atoms with E-state index in [-0.39, 0.29) is 5.41 Å². The zero-order chi connectivity index (χ0) is 19.9. The second kappa shape index (κ2) is 10.3. The van der Waals surface area contributed by atoms with E-state index in [4.69, 9.17) is 16.6 Å². The summed E-state index contributed by atoms with van der Waals surface area (Å²) in [4.78, 5) is 9.69. The van der Waals surface area contributed by atoms with Crippen LogP contribution in [-0.4, -0.2) is 75.2 Å². The molecule has 152 valence electrons. The highest BCUT2D eigenvalue weighted by Crippen LogP contribution is 2.24. The summed E-state index contributed by atoms with van der Waals surface area (Å²) in [5.41, 5.74) is 1.32. The van der Waals surface area contributed by atoms with Crippen LogP contribution in [0.3, 0.4) is 0 Å². The standard InChI is InChI=1S/C21H36ClN5/c1-6-23-20(24-14-19-15-26(4)10-11-27(19)5)25-16-21(2,3)13-17-8-7-9-18(22)12-17/h7-9,12,19H,6,10-11,13-16H2,1-5H3,(H2,23,24,25). The Balaban J connectivity index is 1.92. The van der Waals surface area contributed by atoms with E-state index >= 15 is 0 Å². The van der Waals surface area contributed by atoms with Crippen molar-refractivity contribution in [1.82, 2.24) is 20.4 Å². The number of aliphatic imine (C=N–C) groups is 1. The molecule has 2 rings (SSSR count). The molecule has 5 nitrogen and oxygen atoms in total. The van der Waals surface area contributed by atoms with Crippen molar-refractivity contribution in [2.45, 2.75) is 33.2 Å². The van der Waals surface area contributed by atoms with E-state index in [1.807, 2.05) is 18.2 Å². The summed E-state index contributed by atoms with van der Waals surface area (Å²) in [6.45, 7) is 12.5. The first-order valence-electron chi connectivity index (χ1n) is 9.94. The SMILES string of the molecule is CCNC(=NCC(C)(C)Cc1cccc(Cl)c1)NCC1CN(C)CCN1C. The fourth-order valence-corrected chi connectivity index (χ4v) is 3.64. The highest BCUT2D eigenvalue weighted by atomic mass is 35.5. The topological polar surface area (TPSA) is 42.9 Å². The molecule has 0 aliphatic carbocycles. The Morgan fingerprint density at radius 3 is 2.74 bits per heavy atom. The fourth-order valence-electron chi connectivity index (χ4n) is 3.43. The summed E-state index contributed by atoms with van der Waals surface area (Å²) < 4.78 is 0. The largest absolute Gasteiger partial charge is 0.357 e. The Morgan fingerprint density at radius 1 is 1.26 bits per heavy atom. The predicted molar refractivity (Wildman–Crippen MR) is 117 cm³/mol. The molecule has 0 bridgehead atoms. The lowest BCUT2D eigenvalue weighted by Crippen LogP contribution is -2.55. The van der Waals surface area contributed by atoms with Crippen LogP contribution >= 0.6 is 11.6 Å². The van der Waals surface area contributed by atoms with Crippen molar-refractivity contribution < 1.29 is 0 Å². The molecule has 1 saturated heterocycles. The summed E-state index contributed by atoms with van der Waals surface area (Å²) in [5, 5.41) is 7.71. The molecule has 1 atom stereocenters. The monoisotopic (exact) mass is 393 g/mol. The number of likely N-dealkylation sites (N-methyl/N-ethyl adjacent to an activating group) is 2. The molecule has 0 saturated carbocycles. The second-order valence-corrected chi connectivity index (χ2v) is 8.88. The van der Waals surface area contributed by atoms with Crippen LogP contribution in [0.1, 0.15) is 26.3 Å². The molecule has 1 heterocycles. The van der Waals surface area contributed by atoms with Crippen LogP contribution in [0.5, 0.6) is 0 Å². The smallest absolute Gasteiger partial charge is 0.191 e. The lowest BCUT2D eigenvalue weighted by Gasteiger charge is -2.38. The van der Waals surface area contributed by atoms with Gasteiger partial charge < -0.3 is 15.5 Å². The van der Waals surface area contributed by atoms with Gasteiger partial charge in [0.2, 0.25) is 0 Å². The molecule has 0 spiro atoms. The quantitative estimate of drug-likeness (QED) is 0.552. The van der Waals surface area contributed by atoms with Gasteiger partial charge >= 0.3 is 0 Å². The maximum atomic E-state index is 6.12. The van der Waals surface area contributed by atoms with Gasteiger partial charge in [0.25, 0.3) is 0 Å². The lowest BCUT2D eigenvalue weighted by atomic mass is 9.86. The fraction of sp³-hybridized carbons (Fsp3) is 0.667. The molecule has 1 aromatic rings. The van der Waals surface area contributed by atoms with Crippen molar-refractivity contribution in [3.8, 4) is 0 Å². The van der Waals surface area contributed by atoms with E-state index < -0.39 is 0 Å². The summed E-state index contributed by atoms with van der Waals surface area (Å²) in [6, 6.07) is 8.62. The van der Waals surface area contributed by atoms with Crippen molar-refractivity contribution in [2.75, 3.05) is 53.4 Å². The lowest BCUT2D eigenvalue weighted by molar-refractivity contribution is 0.116. The normalized spacial score (nSPS) is 19.9. The highest BCUT2D eigenvalue weighted by molar-refractivity contribution is 6.30. The zero-order valence-corrected chi connectivity index (χ0v) is 18.3. The van der Waals surface area contributed by atoms with Crippen LogP contribution in [0.2, 0.25) is 5.02 Å². The zero-order valence-electron chi connectivity index (χ0n) is 17.6. The minimum absolute atomic E-state index is 0.0644. The summed E-state index contributed by atoms with van der Waals surface area (Å²) in [5.74, 6) is 0.901. The predicted octanol–water partition coefficient (Wildman–Crippen LogP) is 2.71. The van der Waals surface area contributed by atoms with Gasteiger partial charge in [0.15, 0.2) is 5.96 Å². The van der Waals surface area contributed by atoms with E-state index in [1.165, 1.54) is 5.56 Å². The third kappa shape index (κ3) is 7.68. The molecule has 27 heavy (non-hydrogen) atoms. The van der Waals surface area contributed by atoms with Gasteiger partial charge in [0.05, 0.1) is 0 Å². The number of rotatable bonds is 7. The molecule has 0 radical (unpaired) electrons. The van der Waals surface area contributed by atoms with Gasteiger partial charge in [-0.1, -0.05) is 37.6 Å². The van der Waals surface area contributed by atoms with Crippen molar-refractivity contribution >= 4 is 17.6 Å². The first kappa shape index (κ1) is 22.0. The van der Waals surface area contributed by atoms with Gasteiger partial charge in [-0.2, -0.15) is 0 Å². The maximum absolute atomic E-state index is 6.12. The molecule has 2 N–H and O–H groups in total. The molecular weight excluding hydrogens is 358 g/mol. The van der Waals surface area contributed by atoms with Crippen molar-refractivity contribution in [3.63, 3.8) is 0 Å². The van der Waals surface area contributed by atoms with Crippen LogP contribution in [0, 0.1) is 5.41 Å². The molecule has 6 heteroatoms. The second-order valence-electron chi connectivity index (χ2n) is 8.44. The number of hydrogen-bond donors (Lipinski definition) is 2. The molecule has 1 fully saturated rings. The van der Waals surface area contributed by atoms with E-state index in [2.05, 4.69) is 61.4 Å².